The van der Waals surface area contributed by atoms with Gasteiger partial charge in [-0.3, -0.25) is 4.55 Å². The Kier molecular flexibility index (Phi) is 3.43. The molecule has 2 rings (SSSR count). The summed E-state index contributed by atoms with van der Waals surface area (Å²) in [5, 5.41) is 0.530. The first kappa shape index (κ1) is 12.4. The van der Waals surface area contributed by atoms with Crippen LogP contribution in [0.4, 0.5) is 0 Å². The standard InChI is InChI=1S/C9H10ClNO5S/c10-6-1-2-8-9(3-6)15-5-7(16-8)4-11-17(12,13)14/h1-3,7,11H,4-5H2,(H,12,13,14)/t7-/m0/s1. The van der Waals surface area contributed by atoms with Crippen molar-refractivity contribution < 1.29 is 22.4 Å². The summed E-state index contributed by atoms with van der Waals surface area (Å²) >= 11 is 5.77. The molecule has 0 amide bonds. The predicted octanol–water partition coefficient (Wildman–Crippen LogP) is 0.872. The summed E-state index contributed by atoms with van der Waals surface area (Å²) in [6, 6.07) is 4.89. The van der Waals surface area contributed by atoms with E-state index in [2.05, 4.69) is 0 Å². The number of rotatable bonds is 3. The second kappa shape index (κ2) is 4.69. The van der Waals surface area contributed by atoms with E-state index in [0.29, 0.717) is 16.5 Å². The van der Waals surface area contributed by atoms with Gasteiger partial charge in [0, 0.05) is 11.1 Å². The van der Waals surface area contributed by atoms with Crippen molar-refractivity contribution >= 4 is 21.9 Å². The molecule has 2 N–H and O–H groups in total. The number of ether oxygens (including phenoxy) is 2. The van der Waals surface area contributed by atoms with E-state index >= 15 is 0 Å². The Morgan fingerprint density at radius 3 is 2.94 bits per heavy atom. The minimum absolute atomic E-state index is 0.0686. The Bertz CT molecular complexity index is 518. The zero-order chi connectivity index (χ0) is 12.5. The number of nitrogens with one attached hydrogen (secondary N) is 1. The highest BCUT2D eigenvalue weighted by atomic mass is 35.5. The van der Waals surface area contributed by atoms with Crippen LogP contribution in [0, 0.1) is 0 Å². The molecule has 0 aromatic heterocycles. The topological polar surface area (TPSA) is 84.9 Å². The monoisotopic (exact) mass is 279 g/mol. The summed E-state index contributed by atoms with van der Waals surface area (Å²) in [4.78, 5) is 0. The lowest BCUT2D eigenvalue weighted by molar-refractivity contribution is 0.0939. The Morgan fingerprint density at radius 2 is 2.24 bits per heavy atom. The van der Waals surface area contributed by atoms with Crippen LogP contribution in [0.5, 0.6) is 11.5 Å². The molecule has 8 heteroatoms. The van der Waals surface area contributed by atoms with Gasteiger partial charge in [0.2, 0.25) is 0 Å². The van der Waals surface area contributed by atoms with Gasteiger partial charge in [0.1, 0.15) is 12.7 Å². The molecule has 0 unspecified atom stereocenters. The smallest absolute Gasteiger partial charge is 0.333 e. The molecule has 1 aliphatic rings. The molecule has 1 aromatic carbocycles. The van der Waals surface area contributed by atoms with Gasteiger partial charge in [-0.25, -0.2) is 0 Å². The third-order valence-electron chi connectivity index (χ3n) is 2.12. The predicted molar refractivity (Wildman–Crippen MR) is 60.9 cm³/mol. The first-order valence-corrected chi connectivity index (χ1v) is 6.57. The second-order valence-corrected chi connectivity index (χ2v) is 5.14. The molecule has 0 radical (unpaired) electrons. The number of hydrogen-bond acceptors (Lipinski definition) is 4. The molecule has 94 valence electrons. The van der Waals surface area contributed by atoms with E-state index in [-0.39, 0.29) is 13.2 Å². The van der Waals surface area contributed by atoms with Crippen molar-refractivity contribution in [1.82, 2.24) is 4.72 Å². The van der Waals surface area contributed by atoms with E-state index in [4.69, 9.17) is 25.6 Å². The maximum Gasteiger partial charge on any atom is 0.333 e. The van der Waals surface area contributed by atoms with Crippen LogP contribution in [-0.4, -0.2) is 32.2 Å². The van der Waals surface area contributed by atoms with Crippen LogP contribution in [0.25, 0.3) is 0 Å². The molecule has 1 aliphatic heterocycles. The molecule has 0 saturated carbocycles. The lowest BCUT2D eigenvalue weighted by Crippen LogP contribution is -2.40. The third-order valence-corrected chi connectivity index (χ3v) is 2.88. The van der Waals surface area contributed by atoms with Gasteiger partial charge >= 0.3 is 10.3 Å². The highest BCUT2D eigenvalue weighted by Gasteiger charge is 2.22. The van der Waals surface area contributed by atoms with Crippen LogP contribution in [0.2, 0.25) is 5.02 Å². The van der Waals surface area contributed by atoms with Crippen molar-refractivity contribution in [3.05, 3.63) is 23.2 Å². The van der Waals surface area contributed by atoms with Gasteiger partial charge in [-0.1, -0.05) is 11.6 Å². The molecule has 1 atom stereocenters. The van der Waals surface area contributed by atoms with Gasteiger partial charge in [0.25, 0.3) is 0 Å². The summed E-state index contributed by atoms with van der Waals surface area (Å²) in [6.07, 6.45) is -0.495. The largest absolute Gasteiger partial charge is 0.486 e. The lowest BCUT2D eigenvalue weighted by atomic mass is 10.2. The molecule has 17 heavy (non-hydrogen) atoms. The number of hydrogen-bond donors (Lipinski definition) is 2. The summed E-state index contributed by atoms with van der Waals surface area (Å²) in [5.41, 5.74) is 0. The normalized spacial score (nSPS) is 19.1. The molecule has 1 heterocycles. The molecular weight excluding hydrogens is 270 g/mol. The van der Waals surface area contributed by atoms with Crippen LogP contribution in [0.15, 0.2) is 18.2 Å². The fourth-order valence-corrected chi connectivity index (χ4v) is 1.95. The van der Waals surface area contributed by atoms with Crippen molar-refractivity contribution in [2.24, 2.45) is 0 Å². The van der Waals surface area contributed by atoms with E-state index in [9.17, 15) is 8.42 Å². The highest BCUT2D eigenvalue weighted by molar-refractivity contribution is 7.83. The molecule has 0 spiro atoms. The van der Waals surface area contributed by atoms with Crippen molar-refractivity contribution in [1.29, 1.82) is 0 Å². The van der Waals surface area contributed by atoms with Crippen LogP contribution in [0.3, 0.4) is 0 Å². The van der Waals surface area contributed by atoms with Crippen molar-refractivity contribution in [3.63, 3.8) is 0 Å². The lowest BCUT2D eigenvalue weighted by Gasteiger charge is -2.26. The van der Waals surface area contributed by atoms with Gasteiger partial charge in [-0.15, -0.1) is 0 Å². The molecular formula is C9H10ClNO5S. The van der Waals surface area contributed by atoms with Crippen LogP contribution < -0.4 is 14.2 Å². The first-order valence-electron chi connectivity index (χ1n) is 4.75. The second-order valence-electron chi connectivity index (χ2n) is 3.47. The minimum atomic E-state index is -4.21. The fraction of sp³-hybridized carbons (Fsp3) is 0.333. The van der Waals surface area contributed by atoms with E-state index in [1.54, 1.807) is 18.2 Å². The van der Waals surface area contributed by atoms with Crippen LogP contribution >= 0.6 is 11.6 Å². The third kappa shape index (κ3) is 3.47. The average Bonchev–Trinajstić information content (AvgIpc) is 2.25. The van der Waals surface area contributed by atoms with Crippen LogP contribution in [-0.2, 0) is 10.3 Å². The van der Waals surface area contributed by atoms with Crippen LogP contribution in [0.1, 0.15) is 0 Å². The van der Waals surface area contributed by atoms with Gasteiger partial charge < -0.3 is 9.47 Å². The minimum Gasteiger partial charge on any atom is -0.486 e. The van der Waals surface area contributed by atoms with Crippen molar-refractivity contribution in [2.45, 2.75) is 6.10 Å². The van der Waals surface area contributed by atoms with Gasteiger partial charge in [-0.05, 0) is 12.1 Å². The Balaban J connectivity index is 2.01. The summed E-state index contributed by atoms with van der Waals surface area (Å²) < 4.78 is 42.3. The first-order chi connectivity index (χ1) is 7.94. The quantitative estimate of drug-likeness (QED) is 0.802. The molecule has 0 saturated heterocycles. The Labute approximate surface area is 103 Å². The zero-order valence-corrected chi connectivity index (χ0v) is 10.2. The number of halogens is 1. The van der Waals surface area contributed by atoms with Gasteiger partial charge in [0.15, 0.2) is 11.5 Å². The summed E-state index contributed by atoms with van der Waals surface area (Å²) in [5.74, 6) is 1.00. The maximum atomic E-state index is 10.5. The summed E-state index contributed by atoms with van der Waals surface area (Å²) in [6.45, 7) is 0.108. The van der Waals surface area contributed by atoms with Crippen molar-refractivity contribution in [3.8, 4) is 11.5 Å². The SMILES string of the molecule is O=S(=O)(O)NC[C@H]1COc2cc(Cl)ccc2O1. The number of fused-ring (bicyclic) bond motifs is 1. The van der Waals surface area contributed by atoms with E-state index < -0.39 is 16.4 Å². The highest BCUT2D eigenvalue weighted by Crippen LogP contribution is 2.33. The zero-order valence-electron chi connectivity index (χ0n) is 8.59. The van der Waals surface area contributed by atoms with Crippen molar-refractivity contribution in [2.75, 3.05) is 13.2 Å². The van der Waals surface area contributed by atoms with Gasteiger partial charge in [-0.2, -0.15) is 13.1 Å². The van der Waals surface area contributed by atoms with Gasteiger partial charge in [0.05, 0.1) is 6.54 Å². The molecule has 0 fully saturated rings. The molecule has 0 aliphatic carbocycles. The molecule has 1 aromatic rings. The summed E-state index contributed by atoms with van der Waals surface area (Å²) in [7, 11) is -4.21. The average molecular weight is 280 g/mol. The molecule has 6 nitrogen and oxygen atoms in total. The maximum absolute atomic E-state index is 10.5. The Hall–Kier alpha value is -1.02. The number of benzene rings is 1. The van der Waals surface area contributed by atoms with E-state index in [0.717, 1.165) is 0 Å². The Morgan fingerprint density at radius 1 is 1.47 bits per heavy atom. The molecule has 0 bridgehead atoms. The van der Waals surface area contributed by atoms with E-state index in [1.165, 1.54) is 0 Å². The fourth-order valence-electron chi connectivity index (χ4n) is 1.39. The van der Waals surface area contributed by atoms with E-state index in [1.807, 2.05) is 4.72 Å².